The summed E-state index contributed by atoms with van der Waals surface area (Å²) < 4.78 is 0. The molecule has 0 bridgehead atoms. The molecule has 19 heavy (non-hydrogen) atoms. The first-order valence-corrected chi connectivity index (χ1v) is 8.28. The fourth-order valence-electron chi connectivity index (χ4n) is 4.01. The third-order valence-electron chi connectivity index (χ3n) is 5.62. The third kappa shape index (κ3) is 3.32. The van der Waals surface area contributed by atoms with Crippen LogP contribution in [0.5, 0.6) is 0 Å². The van der Waals surface area contributed by atoms with Crippen LogP contribution in [0.2, 0.25) is 0 Å². The highest BCUT2D eigenvalue weighted by molar-refractivity contribution is 4.95. The fourth-order valence-corrected chi connectivity index (χ4v) is 4.01. The van der Waals surface area contributed by atoms with Crippen LogP contribution < -0.4 is 5.32 Å². The van der Waals surface area contributed by atoms with Gasteiger partial charge in [-0.2, -0.15) is 0 Å². The van der Waals surface area contributed by atoms with Gasteiger partial charge in [-0.3, -0.25) is 4.90 Å². The Labute approximate surface area is 119 Å². The Bertz CT molecular complexity index is 267. The van der Waals surface area contributed by atoms with Crippen LogP contribution in [0, 0.1) is 11.3 Å². The summed E-state index contributed by atoms with van der Waals surface area (Å²) in [4.78, 5) is 5.37. The lowest BCUT2D eigenvalue weighted by atomic mass is 9.76. The molecular formula is C16H33N3. The molecule has 2 rings (SSSR count). The molecule has 2 saturated heterocycles. The van der Waals surface area contributed by atoms with Crippen LogP contribution in [-0.4, -0.2) is 61.7 Å². The van der Waals surface area contributed by atoms with Crippen LogP contribution >= 0.6 is 0 Å². The number of likely N-dealkylation sites (tertiary alicyclic amines) is 1. The Kier molecular flexibility index (Phi) is 5.27. The molecule has 2 aliphatic rings. The predicted molar refractivity (Wildman–Crippen MR) is 82.5 cm³/mol. The first-order chi connectivity index (χ1) is 9.11. The Hall–Kier alpha value is -0.120. The average Bonchev–Trinajstić information content (AvgIpc) is 3.02. The fraction of sp³-hybridized carbons (Fsp3) is 1.00. The van der Waals surface area contributed by atoms with Crippen molar-refractivity contribution >= 4 is 0 Å². The van der Waals surface area contributed by atoms with Crippen LogP contribution in [0.4, 0.5) is 0 Å². The van der Waals surface area contributed by atoms with E-state index in [0.29, 0.717) is 5.41 Å². The molecule has 2 unspecified atom stereocenters. The maximum atomic E-state index is 3.59. The summed E-state index contributed by atoms with van der Waals surface area (Å²) in [5.41, 5.74) is 0.526. The zero-order valence-corrected chi connectivity index (χ0v) is 13.4. The highest BCUT2D eigenvalue weighted by Crippen LogP contribution is 2.36. The Morgan fingerprint density at radius 1 is 1.32 bits per heavy atom. The van der Waals surface area contributed by atoms with Gasteiger partial charge in [0.15, 0.2) is 0 Å². The van der Waals surface area contributed by atoms with Crippen LogP contribution in [0.3, 0.4) is 0 Å². The van der Waals surface area contributed by atoms with E-state index in [1.807, 2.05) is 0 Å². The van der Waals surface area contributed by atoms with E-state index in [9.17, 15) is 0 Å². The molecule has 0 aliphatic carbocycles. The normalized spacial score (nSPS) is 32.8. The lowest BCUT2D eigenvalue weighted by molar-refractivity contribution is 0.125. The number of likely N-dealkylation sites (N-methyl/N-ethyl adjacent to an activating group) is 1. The zero-order valence-electron chi connectivity index (χ0n) is 13.4. The predicted octanol–water partition coefficient (Wildman–Crippen LogP) is 2.04. The average molecular weight is 267 g/mol. The van der Waals surface area contributed by atoms with Crippen molar-refractivity contribution in [1.29, 1.82) is 0 Å². The van der Waals surface area contributed by atoms with Crippen molar-refractivity contribution in [3.05, 3.63) is 0 Å². The monoisotopic (exact) mass is 267 g/mol. The van der Waals surface area contributed by atoms with Gasteiger partial charge < -0.3 is 10.2 Å². The maximum Gasteiger partial charge on any atom is 0.0235 e. The van der Waals surface area contributed by atoms with Gasteiger partial charge in [-0.25, -0.2) is 0 Å². The van der Waals surface area contributed by atoms with Gasteiger partial charge >= 0.3 is 0 Å². The number of rotatable bonds is 6. The van der Waals surface area contributed by atoms with Gasteiger partial charge in [0.25, 0.3) is 0 Å². The molecule has 3 nitrogen and oxygen atoms in total. The highest BCUT2D eigenvalue weighted by Gasteiger charge is 2.40. The SMILES string of the molecule is CCN(CC)C1CCN(CC2(C(C)C)CCNC2)C1. The van der Waals surface area contributed by atoms with Crippen LogP contribution in [-0.2, 0) is 0 Å². The lowest BCUT2D eigenvalue weighted by Gasteiger charge is -2.37. The molecule has 2 heterocycles. The van der Waals surface area contributed by atoms with Crippen molar-refractivity contribution in [3.63, 3.8) is 0 Å². The lowest BCUT2D eigenvalue weighted by Crippen LogP contribution is -2.43. The molecule has 1 N–H and O–H groups in total. The van der Waals surface area contributed by atoms with E-state index in [0.717, 1.165) is 12.0 Å². The van der Waals surface area contributed by atoms with E-state index >= 15 is 0 Å². The molecule has 0 aromatic heterocycles. The molecule has 2 atom stereocenters. The number of hydrogen-bond acceptors (Lipinski definition) is 3. The van der Waals surface area contributed by atoms with E-state index in [1.54, 1.807) is 0 Å². The second-order valence-electron chi connectivity index (χ2n) is 6.84. The standard InChI is InChI=1S/C16H33N3/c1-5-19(6-2)15-7-10-18(11-15)13-16(14(3)4)8-9-17-12-16/h14-15,17H,5-13H2,1-4H3. The van der Waals surface area contributed by atoms with E-state index in [1.165, 1.54) is 58.7 Å². The summed E-state index contributed by atoms with van der Waals surface area (Å²) in [5.74, 6) is 0.787. The van der Waals surface area contributed by atoms with Crippen molar-refractivity contribution in [2.45, 2.75) is 46.6 Å². The van der Waals surface area contributed by atoms with Gasteiger partial charge in [0, 0.05) is 25.7 Å². The van der Waals surface area contributed by atoms with E-state index in [4.69, 9.17) is 0 Å². The van der Waals surface area contributed by atoms with Gasteiger partial charge in [0.2, 0.25) is 0 Å². The van der Waals surface area contributed by atoms with E-state index in [-0.39, 0.29) is 0 Å². The minimum atomic E-state index is 0.526. The summed E-state index contributed by atoms with van der Waals surface area (Å²) >= 11 is 0. The molecule has 3 heteroatoms. The maximum absolute atomic E-state index is 3.59. The molecule has 2 aliphatic heterocycles. The van der Waals surface area contributed by atoms with Crippen LogP contribution in [0.15, 0.2) is 0 Å². The number of nitrogens with zero attached hydrogens (tertiary/aromatic N) is 2. The molecule has 0 spiro atoms. The molecule has 2 fully saturated rings. The summed E-state index contributed by atoms with van der Waals surface area (Å²) in [6.45, 7) is 18.1. The van der Waals surface area contributed by atoms with Gasteiger partial charge in [0.05, 0.1) is 0 Å². The van der Waals surface area contributed by atoms with Gasteiger partial charge in [0.1, 0.15) is 0 Å². The van der Waals surface area contributed by atoms with Crippen LogP contribution in [0.1, 0.15) is 40.5 Å². The molecule has 112 valence electrons. The van der Waals surface area contributed by atoms with Crippen molar-refractivity contribution in [1.82, 2.24) is 15.1 Å². The van der Waals surface area contributed by atoms with Crippen molar-refractivity contribution in [2.24, 2.45) is 11.3 Å². The first-order valence-electron chi connectivity index (χ1n) is 8.28. The molecule has 0 amide bonds. The van der Waals surface area contributed by atoms with Crippen LogP contribution in [0.25, 0.3) is 0 Å². The van der Waals surface area contributed by atoms with E-state index < -0.39 is 0 Å². The number of nitrogens with one attached hydrogen (secondary N) is 1. The molecular weight excluding hydrogens is 234 g/mol. The highest BCUT2D eigenvalue weighted by atomic mass is 15.3. The quantitative estimate of drug-likeness (QED) is 0.794. The van der Waals surface area contributed by atoms with Gasteiger partial charge in [-0.15, -0.1) is 0 Å². The molecule has 0 aromatic carbocycles. The van der Waals surface area contributed by atoms with Crippen molar-refractivity contribution in [2.75, 3.05) is 45.8 Å². The minimum Gasteiger partial charge on any atom is -0.316 e. The zero-order chi connectivity index (χ0) is 13.9. The molecule has 0 aromatic rings. The first kappa shape index (κ1) is 15.3. The van der Waals surface area contributed by atoms with Crippen molar-refractivity contribution in [3.8, 4) is 0 Å². The van der Waals surface area contributed by atoms with Gasteiger partial charge in [-0.1, -0.05) is 27.7 Å². The Morgan fingerprint density at radius 2 is 2.05 bits per heavy atom. The minimum absolute atomic E-state index is 0.526. The topological polar surface area (TPSA) is 18.5 Å². The summed E-state index contributed by atoms with van der Waals surface area (Å²) in [6, 6.07) is 0.800. The largest absolute Gasteiger partial charge is 0.316 e. The smallest absolute Gasteiger partial charge is 0.0235 e. The number of hydrogen-bond donors (Lipinski definition) is 1. The second kappa shape index (κ2) is 6.55. The van der Waals surface area contributed by atoms with Crippen molar-refractivity contribution < 1.29 is 0 Å². The molecule has 0 saturated carbocycles. The Morgan fingerprint density at radius 3 is 2.58 bits per heavy atom. The third-order valence-corrected chi connectivity index (χ3v) is 5.62. The molecule has 0 radical (unpaired) electrons. The summed E-state index contributed by atoms with van der Waals surface area (Å²) in [6.07, 6.45) is 2.72. The Balaban J connectivity index is 1.90. The van der Waals surface area contributed by atoms with Gasteiger partial charge in [-0.05, 0) is 50.4 Å². The second-order valence-corrected chi connectivity index (χ2v) is 6.84. The van der Waals surface area contributed by atoms with E-state index in [2.05, 4.69) is 42.8 Å². The summed E-state index contributed by atoms with van der Waals surface area (Å²) in [7, 11) is 0. The summed E-state index contributed by atoms with van der Waals surface area (Å²) in [5, 5.41) is 3.59.